The molecule has 0 saturated heterocycles. The van der Waals surface area contributed by atoms with Gasteiger partial charge in [0, 0.05) is 12.4 Å². The van der Waals surface area contributed by atoms with Gasteiger partial charge in [-0.2, -0.15) is 0 Å². The first-order valence-electron chi connectivity index (χ1n) is 5.17. The molecule has 0 radical (unpaired) electrons. The van der Waals surface area contributed by atoms with Gasteiger partial charge in [-0.25, -0.2) is 0 Å². The number of aromatic nitrogens is 1. The molecule has 1 aromatic heterocycles. The van der Waals surface area contributed by atoms with Crippen molar-refractivity contribution in [1.82, 2.24) is 4.98 Å². The van der Waals surface area contributed by atoms with Gasteiger partial charge in [0.25, 0.3) is 0 Å². The summed E-state index contributed by atoms with van der Waals surface area (Å²) in [5.74, 6) is 0. The quantitative estimate of drug-likeness (QED) is 0.679. The number of hydrogen-bond donors (Lipinski definition) is 0. The van der Waals surface area contributed by atoms with E-state index in [0.717, 1.165) is 0 Å². The average molecular weight is 197 g/mol. The van der Waals surface area contributed by atoms with Crippen LogP contribution in [-0.2, 0) is 0 Å². The van der Waals surface area contributed by atoms with E-state index in [1.165, 1.54) is 27.8 Å². The summed E-state index contributed by atoms with van der Waals surface area (Å²) < 4.78 is 0. The molecule has 0 saturated carbocycles. The van der Waals surface area contributed by atoms with Crippen molar-refractivity contribution in [3.05, 3.63) is 53.3 Å². The van der Waals surface area contributed by atoms with Crippen molar-refractivity contribution in [1.29, 1.82) is 0 Å². The third kappa shape index (κ3) is 1.91. The Kier molecular flexibility index (Phi) is 2.55. The van der Waals surface area contributed by atoms with Gasteiger partial charge in [-0.05, 0) is 43.0 Å². The summed E-state index contributed by atoms with van der Waals surface area (Å²) in [5.41, 5.74) is 6.35. The number of aryl methyl sites for hydroxylation is 3. The molecule has 0 amide bonds. The molecule has 1 heteroatoms. The van der Waals surface area contributed by atoms with Crippen molar-refractivity contribution in [3.8, 4) is 11.1 Å². The lowest BCUT2D eigenvalue weighted by Crippen LogP contribution is -1.89. The van der Waals surface area contributed by atoms with Crippen molar-refractivity contribution in [2.75, 3.05) is 0 Å². The van der Waals surface area contributed by atoms with Gasteiger partial charge in [0.2, 0.25) is 0 Å². The summed E-state index contributed by atoms with van der Waals surface area (Å²) >= 11 is 0. The highest BCUT2D eigenvalue weighted by atomic mass is 14.6. The van der Waals surface area contributed by atoms with E-state index in [1.54, 1.807) is 0 Å². The minimum absolute atomic E-state index is 1.24. The Morgan fingerprint density at radius 3 is 1.87 bits per heavy atom. The number of nitrogens with zero attached hydrogens (tertiary/aromatic N) is 1. The fourth-order valence-corrected chi connectivity index (χ4v) is 1.88. The van der Waals surface area contributed by atoms with E-state index in [2.05, 4.69) is 50.0 Å². The molecule has 0 unspecified atom stereocenters. The standard InChI is InChI=1S/C14H15N/c1-10-4-6-13(7-5-10)14-11(2)8-15-9-12(14)3/h4-9H,1-3H3. The first-order valence-corrected chi connectivity index (χ1v) is 5.17. The monoisotopic (exact) mass is 197 g/mol. The van der Waals surface area contributed by atoms with Gasteiger partial charge in [-0.3, -0.25) is 4.98 Å². The molecule has 0 fully saturated rings. The predicted molar refractivity (Wildman–Crippen MR) is 63.9 cm³/mol. The van der Waals surface area contributed by atoms with E-state index in [1.807, 2.05) is 12.4 Å². The fourth-order valence-electron chi connectivity index (χ4n) is 1.88. The molecule has 0 spiro atoms. The van der Waals surface area contributed by atoms with Gasteiger partial charge in [0.1, 0.15) is 0 Å². The molecule has 1 nitrogen and oxygen atoms in total. The van der Waals surface area contributed by atoms with E-state index < -0.39 is 0 Å². The van der Waals surface area contributed by atoms with Crippen LogP contribution in [-0.4, -0.2) is 4.98 Å². The maximum atomic E-state index is 4.19. The van der Waals surface area contributed by atoms with E-state index in [4.69, 9.17) is 0 Å². The van der Waals surface area contributed by atoms with Crippen LogP contribution in [0, 0.1) is 20.8 Å². The van der Waals surface area contributed by atoms with Crippen LogP contribution < -0.4 is 0 Å². The van der Waals surface area contributed by atoms with E-state index in [-0.39, 0.29) is 0 Å². The van der Waals surface area contributed by atoms with Crippen LogP contribution in [0.4, 0.5) is 0 Å². The predicted octanol–water partition coefficient (Wildman–Crippen LogP) is 3.67. The molecule has 0 bridgehead atoms. The van der Waals surface area contributed by atoms with Crippen LogP contribution in [0.25, 0.3) is 11.1 Å². The highest BCUT2D eigenvalue weighted by Gasteiger charge is 2.04. The Bertz CT molecular complexity index is 449. The van der Waals surface area contributed by atoms with E-state index >= 15 is 0 Å². The van der Waals surface area contributed by atoms with Crippen molar-refractivity contribution in [3.63, 3.8) is 0 Å². The van der Waals surface area contributed by atoms with E-state index in [0.29, 0.717) is 0 Å². The maximum Gasteiger partial charge on any atom is 0.0303 e. The zero-order valence-electron chi connectivity index (χ0n) is 9.41. The highest BCUT2D eigenvalue weighted by Crippen LogP contribution is 2.26. The van der Waals surface area contributed by atoms with Gasteiger partial charge in [-0.1, -0.05) is 29.8 Å². The molecule has 1 aromatic carbocycles. The smallest absolute Gasteiger partial charge is 0.0303 e. The van der Waals surface area contributed by atoms with Crippen LogP contribution in [0.1, 0.15) is 16.7 Å². The SMILES string of the molecule is Cc1ccc(-c2c(C)cncc2C)cc1. The van der Waals surface area contributed by atoms with Crippen molar-refractivity contribution >= 4 is 0 Å². The Morgan fingerprint density at radius 2 is 1.33 bits per heavy atom. The Labute approximate surface area is 90.8 Å². The number of pyridine rings is 1. The Balaban J connectivity index is 2.58. The summed E-state index contributed by atoms with van der Waals surface area (Å²) in [6.07, 6.45) is 3.84. The van der Waals surface area contributed by atoms with Gasteiger partial charge in [0.05, 0.1) is 0 Å². The third-order valence-electron chi connectivity index (χ3n) is 2.67. The van der Waals surface area contributed by atoms with Gasteiger partial charge in [-0.15, -0.1) is 0 Å². The molecule has 0 atom stereocenters. The molecule has 2 aromatic rings. The second-order valence-electron chi connectivity index (χ2n) is 4.01. The topological polar surface area (TPSA) is 12.9 Å². The summed E-state index contributed by atoms with van der Waals surface area (Å²) in [4.78, 5) is 4.19. The lowest BCUT2D eigenvalue weighted by atomic mass is 9.97. The largest absolute Gasteiger partial charge is 0.264 e. The van der Waals surface area contributed by atoms with Gasteiger partial charge >= 0.3 is 0 Å². The summed E-state index contributed by atoms with van der Waals surface area (Å²) in [6, 6.07) is 8.64. The second-order valence-corrected chi connectivity index (χ2v) is 4.01. The molecule has 1 heterocycles. The molecule has 15 heavy (non-hydrogen) atoms. The molecule has 76 valence electrons. The Morgan fingerprint density at radius 1 is 0.800 bits per heavy atom. The van der Waals surface area contributed by atoms with Crippen molar-refractivity contribution in [2.45, 2.75) is 20.8 Å². The van der Waals surface area contributed by atoms with Crippen molar-refractivity contribution in [2.24, 2.45) is 0 Å². The first-order chi connectivity index (χ1) is 7.18. The van der Waals surface area contributed by atoms with Crippen molar-refractivity contribution < 1.29 is 0 Å². The zero-order valence-corrected chi connectivity index (χ0v) is 9.41. The minimum atomic E-state index is 1.24. The minimum Gasteiger partial charge on any atom is -0.264 e. The van der Waals surface area contributed by atoms with E-state index in [9.17, 15) is 0 Å². The summed E-state index contributed by atoms with van der Waals surface area (Å²) in [5, 5.41) is 0. The van der Waals surface area contributed by atoms with Crippen LogP contribution in [0.2, 0.25) is 0 Å². The van der Waals surface area contributed by atoms with Gasteiger partial charge in [0.15, 0.2) is 0 Å². The number of rotatable bonds is 1. The fraction of sp³-hybridized carbons (Fsp3) is 0.214. The molecule has 2 rings (SSSR count). The first kappa shape index (κ1) is 9.91. The highest BCUT2D eigenvalue weighted by molar-refractivity contribution is 5.70. The van der Waals surface area contributed by atoms with Crippen LogP contribution in [0.5, 0.6) is 0 Å². The lowest BCUT2D eigenvalue weighted by molar-refractivity contribution is 1.22. The normalized spacial score (nSPS) is 10.3. The number of hydrogen-bond acceptors (Lipinski definition) is 1. The van der Waals surface area contributed by atoms with Crippen LogP contribution in [0.15, 0.2) is 36.7 Å². The lowest BCUT2D eigenvalue weighted by Gasteiger charge is -2.09. The van der Waals surface area contributed by atoms with Gasteiger partial charge < -0.3 is 0 Å². The molecule has 0 aliphatic carbocycles. The maximum absolute atomic E-state index is 4.19. The molecular weight excluding hydrogens is 182 g/mol. The molecule has 0 aliphatic heterocycles. The third-order valence-corrected chi connectivity index (χ3v) is 2.67. The zero-order chi connectivity index (χ0) is 10.8. The average Bonchev–Trinajstić information content (AvgIpc) is 2.20. The van der Waals surface area contributed by atoms with Crippen LogP contribution in [0.3, 0.4) is 0 Å². The van der Waals surface area contributed by atoms with Crippen LogP contribution >= 0.6 is 0 Å². The molecule has 0 aliphatic rings. The summed E-state index contributed by atoms with van der Waals surface area (Å²) in [7, 11) is 0. The number of benzene rings is 1. The molecule has 0 N–H and O–H groups in total. The summed E-state index contributed by atoms with van der Waals surface area (Å²) in [6.45, 7) is 6.32. The molecular formula is C14H15N. The second kappa shape index (κ2) is 3.85. The Hall–Kier alpha value is -1.63.